The molecule has 0 saturated heterocycles. The summed E-state index contributed by atoms with van der Waals surface area (Å²) in [5, 5.41) is 15.3. The normalized spacial score (nSPS) is 10.5. The summed E-state index contributed by atoms with van der Waals surface area (Å²) in [6.07, 6.45) is 1.36. The Kier molecular flexibility index (Phi) is 2.81. The molecule has 0 fully saturated rings. The molecule has 0 atom stereocenters. The van der Waals surface area contributed by atoms with Crippen LogP contribution in [-0.2, 0) is 0 Å². The van der Waals surface area contributed by atoms with Crippen molar-refractivity contribution in [2.45, 2.75) is 13.8 Å². The molecule has 0 aliphatic rings. The molecule has 0 radical (unpaired) electrons. The average molecular weight is 253 g/mol. The maximum absolute atomic E-state index is 10.9. The van der Waals surface area contributed by atoms with Crippen molar-refractivity contribution in [1.82, 2.24) is 14.8 Å². The van der Waals surface area contributed by atoms with Crippen LogP contribution in [-0.4, -0.2) is 19.7 Å². The van der Waals surface area contributed by atoms with E-state index in [-0.39, 0.29) is 16.5 Å². The van der Waals surface area contributed by atoms with Crippen molar-refractivity contribution in [3.8, 4) is 5.82 Å². The van der Waals surface area contributed by atoms with Crippen molar-refractivity contribution < 1.29 is 4.92 Å². The predicted molar refractivity (Wildman–Crippen MR) is 62.5 cm³/mol. The summed E-state index contributed by atoms with van der Waals surface area (Å²) in [5.41, 5.74) is 1.39. The lowest BCUT2D eigenvalue weighted by molar-refractivity contribution is -0.384. The number of nitrogens with zero attached hydrogens (tertiary/aromatic N) is 4. The monoisotopic (exact) mass is 252 g/mol. The Bertz CT molecular complexity index is 594. The molecule has 0 N–H and O–H groups in total. The number of hydrogen-bond donors (Lipinski definition) is 0. The number of pyridine rings is 1. The standard InChI is InChI=1S/C10H9ClN4O2/c1-6-3-7(2)14(13-6)10-9(15(16)17)4-8(11)5-12-10/h3-5H,1-2H3. The zero-order valence-corrected chi connectivity index (χ0v) is 9.97. The van der Waals surface area contributed by atoms with E-state index in [4.69, 9.17) is 11.6 Å². The van der Waals surface area contributed by atoms with E-state index in [2.05, 4.69) is 10.1 Å². The SMILES string of the molecule is Cc1cc(C)n(-c2ncc(Cl)cc2[N+](=O)[O-])n1. The molecule has 0 aliphatic carbocycles. The molecule has 0 bridgehead atoms. The third-order valence-electron chi connectivity index (χ3n) is 2.22. The number of rotatable bonds is 2. The highest BCUT2D eigenvalue weighted by molar-refractivity contribution is 6.30. The number of aryl methyl sites for hydroxylation is 2. The van der Waals surface area contributed by atoms with Crippen LogP contribution >= 0.6 is 11.6 Å². The highest BCUT2D eigenvalue weighted by Crippen LogP contribution is 2.24. The summed E-state index contributed by atoms with van der Waals surface area (Å²) in [7, 11) is 0. The molecule has 0 aromatic carbocycles. The van der Waals surface area contributed by atoms with Gasteiger partial charge in [-0.05, 0) is 19.9 Å². The molecule has 88 valence electrons. The third kappa shape index (κ3) is 2.12. The van der Waals surface area contributed by atoms with E-state index in [1.807, 2.05) is 13.0 Å². The fourth-order valence-corrected chi connectivity index (χ4v) is 1.71. The minimum atomic E-state index is -0.523. The van der Waals surface area contributed by atoms with Crippen LogP contribution < -0.4 is 0 Å². The highest BCUT2D eigenvalue weighted by Gasteiger charge is 2.19. The summed E-state index contributed by atoms with van der Waals surface area (Å²) in [5.74, 6) is 0.171. The minimum absolute atomic E-state index is 0.163. The fraction of sp³-hybridized carbons (Fsp3) is 0.200. The number of nitro groups is 1. The minimum Gasteiger partial charge on any atom is -0.258 e. The van der Waals surface area contributed by atoms with Gasteiger partial charge < -0.3 is 0 Å². The average Bonchev–Trinajstić information content (AvgIpc) is 2.57. The molecular weight excluding hydrogens is 244 g/mol. The molecule has 0 spiro atoms. The van der Waals surface area contributed by atoms with E-state index in [1.54, 1.807) is 6.92 Å². The first-order valence-corrected chi connectivity index (χ1v) is 5.20. The first-order valence-electron chi connectivity index (χ1n) is 4.82. The van der Waals surface area contributed by atoms with E-state index in [0.717, 1.165) is 11.4 Å². The second-order valence-corrected chi connectivity index (χ2v) is 4.03. The summed E-state index contributed by atoms with van der Waals surface area (Å²) in [4.78, 5) is 14.4. The lowest BCUT2D eigenvalue weighted by Crippen LogP contribution is -2.06. The Hall–Kier alpha value is -1.95. The van der Waals surface area contributed by atoms with Gasteiger partial charge in [0, 0.05) is 18.0 Å². The van der Waals surface area contributed by atoms with Gasteiger partial charge in [0.05, 0.1) is 15.6 Å². The van der Waals surface area contributed by atoms with Gasteiger partial charge in [-0.1, -0.05) is 11.6 Å². The van der Waals surface area contributed by atoms with Crippen molar-refractivity contribution in [2.75, 3.05) is 0 Å². The van der Waals surface area contributed by atoms with Gasteiger partial charge in [0.2, 0.25) is 5.82 Å². The molecule has 2 aromatic rings. The third-order valence-corrected chi connectivity index (χ3v) is 2.43. The fourth-order valence-electron chi connectivity index (χ4n) is 1.56. The van der Waals surface area contributed by atoms with Gasteiger partial charge in [0.1, 0.15) is 0 Å². The molecule has 0 unspecified atom stereocenters. The van der Waals surface area contributed by atoms with Gasteiger partial charge >= 0.3 is 5.69 Å². The molecule has 0 aliphatic heterocycles. The first kappa shape index (κ1) is 11.5. The van der Waals surface area contributed by atoms with Crippen LogP contribution in [0.5, 0.6) is 0 Å². The Morgan fingerprint density at radius 3 is 2.65 bits per heavy atom. The van der Waals surface area contributed by atoms with Crippen LogP contribution in [0.4, 0.5) is 5.69 Å². The van der Waals surface area contributed by atoms with Gasteiger partial charge in [-0.25, -0.2) is 9.67 Å². The van der Waals surface area contributed by atoms with Crippen molar-refractivity contribution >= 4 is 17.3 Å². The van der Waals surface area contributed by atoms with Gasteiger partial charge in [0.25, 0.3) is 0 Å². The molecule has 2 rings (SSSR count). The lowest BCUT2D eigenvalue weighted by Gasteiger charge is -2.04. The van der Waals surface area contributed by atoms with Crippen LogP contribution in [0.15, 0.2) is 18.3 Å². The van der Waals surface area contributed by atoms with E-state index in [9.17, 15) is 10.1 Å². The summed E-state index contributed by atoms with van der Waals surface area (Å²) in [6.45, 7) is 3.62. The molecule has 17 heavy (non-hydrogen) atoms. The second kappa shape index (κ2) is 4.14. The zero-order valence-electron chi connectivity index (χ0n) is 9.22. The molecule has 7 heteroatoms. The Morgan fingerprint density at radius 2 is 2.12 bits per heavy atom. The highest BCUT2D eigenvalue weighted by atomic mass is 35.5. The molecule has 2 heterocycles. The van der Waals surface area contributed by atoms with Crippen LogP contribution in [0, 0.1) is 24.0 Å². The molecule has 6 nitrogen and oxygen atoms in total. The van der Waals surface area contributed by atoms with Crippen LogP contribution in [0.1, 0.15) is 11.4 Å². The first-order chi connectivity index (χ1) is 7.99. The zero-order chi connectivity index (χ0) is 12.6. The van der Waals surface area contributed by atoms with E-state index < -0.39 is 4.92 Å². The van der Waals surface area contributed by atoms with Gasteiger partial charge in [-0.2, -0.15) is 5.10 Å². The number of halogens is 1. The van der Waals surface area contributed by atoms with Gasteiger partial charge in [-0.15, -0.1) is 0 Å². The van der Waals surface area contributed by atoms with Crippen LogP contribution in [0.2, 0.25) is 5.02 Å². The van der Waals surface area contributed by atoms with Crippen LogP contribution in [0.3, 0.4) is 0 Å². The van der Waals surface area contributed by atoms with Crippen molar-refractivity contribution in [1.29, 1.82) is 0 Å². The van der Waals surface area contributed by atoms with Crippen molar-refractivity contribution in [3.05, 3.63) is 44.9 Å². The van der Waals surface area contributed by atoms with Gasteiger partial charge in [0.15, 0.2) is 0 Å². The Balaban J connectivity index is 2.67. The number of hydrogen-bond acceptors (Lipinski definition) is 4. The molecular formula is C10H9ClN4O2. The van der Waals surface area contributed by atoms with Gasteiger partial charge in [-0.3, -0.25) is 10.1 Å². The smallest absolute Gasteiger partial charge is 0.258 e. The van der Waals surface area contributed by atoms with Crippen molar-refractivity contribution in [2.24, 2.45) is 0 Å². The second-order valence-electron chi connectivity index (χ2n) is 3.59. The lowest BCUT2D eigenvalue weighted by atomic mass is 10.3. The van der Waals surface area contributed by atoms with Crippen LogP contribution in [0.25, 0.3) is 5.82 Å². The molecule has 0 amide bonds. The van der Waals surface area contributed by atoms with Crippen molar-refractivity contribution in [3.63, 3.8) is 0 Å². The summed E-state index contributed by atoms with van der Waals surface area (Å²) in [6, 6.07) is 3.08. The maximum Gasteiger partial charge on any atom is 0.315 e. The Morgan fingerprint density at radius 1 is 1.41 bits per heavy atom. The van der Waals surface area contributed by atoms with E-state index in [1.165, 1.54) is 16.9 Å². The van der Waals surface area contributed by atoms with E-state index in [0.29, 0.717) is 0 Å². The predicted octanol–water partition coefficient (Wildman–Crippen LogP) is 2.45. The number of aromatic nitrogens is 3. The molecule has 0 saturated carbocycles. The largest absolute Gasteiger partial charge is 0.315 e. The Labute approximate surface area is 102 Å². The quantitative estimate of drug-likeness (QED) is 0.608. The summed E-state index contributed by atoms with van der Waals surface area (Å²) >= 11 is 5.70. The maximum atomic E-state index is 10.9. The molecule has 2 aromatic heterocycles. The van der Waals surface area contributed by atoms with E-state index >= 15 is 0 Å². The topological polar surface area (TPSA) is 73.8 Å². The summed E-state index contributed by atoms with van der Waals surface area (Å²) < 4.78 is 1.43.